The highest BCUT2D eigenvalue weighted by atomic mass is 35.5. The van der Waals surface area contributed by atoms with Gasteiger partial charge in [0, 0.05) is 42.3 Å². The molecule has 0 saturated carbocycles. The van der Waals surface area contributed by atoms with Crippen LogP contribution >= 0.6 is 11.6 Å². The molecule has 11 heteroatoms. The van der Waals surface area contributed by atoms with Crippen LogP contribution in [0.1, 0.15) is 24.1 Å². The third-order valence-electron chi connectivity index (χ3n) is 8.32. The highest BCUT2D eigenvalue weighted by molar-refractivity contribution is 6.36. The molecular formula is C29H34ClFN6O3. The topological polar surface area (TPSA) is 85.3 Å². The molecule has 3 aliphatic heterocycles. The molecule has 3 aliphatic rings. The molecule has 2 aromatic carbocycles. The van der Waals surface area contributed by atoms with E-state index in [1.807, 2.05) is 23.1 Å². The molecule has 6 rings (SSSR count). The van der Waals surface area contributed by atoms with Crippen molar-refractivity contribution in [1.82, 2.24) is 19.8 Å². The van der Waals surface area contributed by atoms with E-state index in [-0.39, 0.29) is 25.6 Å². The van der Waals surface area contributed by atoms with Crippen LogP contribution in [0, 0.1) is 0 Å². The molecule has 1 amide bonds. The SMILES string of the molecule is CN1CCC[C@H]1COc1nc2c(c(N3CCN(C(=O)O)CC(F)C3)n1)CCN(c1cccc3cccc(Cl)c13)C2. The van der Waals surface area contributed by atoms with E-state index in [0.29, 0.717) is 43.0 Å². The molecule has 2 fully saturated rings. The molecule has 0 radical (unpaired) electrons. The van der Waals surface area contributed by atoms with Gasteiger partial charge in [-0.15, -0.1) is 0 Å². The van der Waals surface area contributed by atoms with E-state index in [1.165, 1.54) is 0 Å². The smallest absolute Gasteiger partial charge is 0.407 e. The normalized spacial score (nSPS) is 21.9. The predicted molar refractivity (Wildman–Crippen MR) is 154 cm³/mol. The number of ether oxygens (including phenoxy) is 1. The van der Waals surface area contributed by atoms with Gasteiger partial charge in [-0.25, -0.2) is 9.18 Å². The van der Waals surface area contributed by atoms with Crippen LogP contribution in [0.2, 0.25) is 5.02 Å². The van der Waals surface area contributed by atoms with Gasteiger partial charge in [0.25, 0.3) is 0 Å². The molecule has 9 nitrogen and oxygen atoms in total. The minimum absolute atomic E-state index is 0.0701. The predicted octanol–water partition coefficient (Wildman–Crippen LogP) is 4.46. The summed E-state index contributed by atoms with van der Waals surface area (Å²) in [7, 11) is 2.10. The Morgan fingerprint density at radius 2 is 1.93 bits per heavy atom. The molecule has 0 bridgehead atoms. The van der Waals surface area contributed by atoms with Crippen molar-refractivity contribution in [3.05, 3.63) is 52.7 Å². The summed E-state index contributed by atoms with van der Waals surface area (Å²) >= 11 is 6.65. The number of nitrogens with zero attached hydrogens (tertiary/aromatic N) is 6. The van der Waals surface area contributed by atoms with Gasteiger partial charge in [-0.05, 0) is 50.4 Å². The molecule has 2 atom stereocenters. The van der Waals surface area contributed by atoms with Gasteiger partial charge in [-0.1, -0.05) is 35.9 Å². The number of hydrogen-bond donors (Lipinski definition) is 1. The van der Waals surface area contributed by atoms with Crippen molar-refractivity contribution in [2.24, 2.45) is 0 Å². The number of hydrogen-bond acceptors (Lipinski definition) is 7. The maximum absolute atomic E-state index is 14.9. The van der Waals surface area contributed by atoms with Crippen LogP contribution in [-0.4, -0.2) is 96.1 Å². The Balaban J connectivity index is 1.34. The molecule has 1 unspecified atom stereocenters. The van der Waals surface area contributed by atoms with Crippen molar-refractivity contribution in [2.75, 3.05) is 62.7 Å². The lowest BCUT2D eigenvalue weighted by Gasteiger charge is -2.34. The number of halogens is 2. The second-order valence-corrected chi connectivity index (χ2v) is 11.3. The van der Waals surface area contributed by atoms with Crippen LogP contribution in [0.15, 0.2) is 36.4 Å². The number of carbonyl (C=O) groups is 1. The number of fused-ring (bicyclic) bond motifs is 2. The fraction of sp³-hybridized carbons (Fsp3) is 0.483. The number of carboxylic acid groups (broad SMARTS) is 1. The minimum Gasteiger partial charge on any atom is -0.465 e. The summed E-state index contributed by atoms with van der Waals surface area (Å²) in [5.41, 5.74) is 2.84. The van der Waals surface area contributed by atoms with Crippen LogP contribution < -0.4 is 14.5 Å². The number of likely N-dealkylation sites (N-methyl/N-ethyl adjacent to an activating group) is 1. The van der Waals surface area contributed by atoms with Crippen LogP contribution in [-0.2, 0) is 13.0 Å². The van der Waals surface area contributed by atoms with Crippen molar-refractivity contribution in [2.45, 2.75) is 38.0 Å². The van der Waals surface area contributed by atoms with Crippen molar-refractivity contribution in [1.29, 1.82) is 0 Å². The number of anilines is 2. The number of likely N-dealkylation sites (tertiary alicyclic amines) is 1. The molecule has 212 valence electrons. The molecule has 0 spiro atoms. The monoisotopic (exact) mass is 568 g/mol. The molecule has 4 heterocycles. The molecule has 40 heavy (non-hydrogen) atoms. The molecule has 2 saturated heterocycles. The Bertz CT molecular complexity index is 1400. The fourth-order valence-electron chi connectivity index (χ4n) is 6.15. The second-order valence-electron chi connectivity index (χ2n) is 10.9. The number of rotatable bonds is 5. The van der Waals surface area contributed by atoms with Gasteiger partial charge in [0.05, 0.1) is 30.4 Å². The Kier molecular flexibility index (Phi) is 7.55. The quantitative estimate of drug-likeness (QED) is 0.483. The van der Waals surface area contributed by atoms with Gasteiger partial charge in [0.1, 0.15) is 18.6 Å². The van der Waals surface area contributed by atoms with Gasteiger partial charge in [0.2, 0.25) is 0 Å². The lowest BCUT2D eigenvalue weighted by molar-refractivity contribution is 0.136. The molecule has 0 aliphatic carbocycles. The largest absolute Gasteiger partial charge is 0.465 e. The third-order valence-corrected chi connectivity index (χ3v) is 8.63. The fourth-order valence-corrected chi connectivity index (χ4v) is 6.43. The zero-order valence-electron chi connectivity index (χ0n) is 22.6. The van der Waals surface area contributed by atoms with Gasteiger partial charge in [-0.3, -0.25) is 0 Å². The average Bonchev–Trinajstić information content (AvgIpc) is 3.25. The van der Waals surface area contributed by atoms with Crippen molar-refractivity contribution in [3.8, 4) is 6.01 Å². The van der Waals surface area contributed by atoms with Crippen molar-refractivity contribution in [3.63, 3.8) is 0 Å². The van der Waals surface area contributed by atoms with Crippen LogP contribution in [0.25, 0.3) is 10.8 Å². The number of alkyl halides is 1. The van der Waals surface area contributed by atoms with Gasteiger partial charge in [-0.2, -0.15) is 9.97 Å². The zero-order valence-corrected chi connectivity index (χ0v) is 23.4. The summed E-state index contributed by atoms with van der Waals surface area (Å²) < 4.78 is 21.1. The van der Waals surface area contributed by atoms with E-state index in [1.54, 1.807) is 0 Å². The maximum atomic E-state index is 14.9. The van der Waals surface area contributed by atoms with Crippen LogP contribution in [0.3, 0.4) is 0 Å². The Morgan fingerprint density at radius 3 is 2.70 bits per heavy atom. The highest BCUT2D eigenvalue weighted by Gasteiger charge is 2.31. The van der Waals surface area contributed by atoms with Gasteiger partial charge >= 0.3 is 12.1 Å². The summed E-state index contributed by atoms with van der Waals surface area (Å²) in [5.74, 6) is 0.644. The van der Waals surface area contributed by atoms with Crippen LogP contribution in [0.5, 0.6) is 6.01 Å². The number of aromatic nitrogens is 2. The first-order valence-corrected chi connectivity index (χ1v) is 14.3. The first-order chi connectivity index (χ1) is 19.4. The molecule has 1 aromatic heterocycles. The van der Waals surface area contributed by atoms with Gasteiger partial charge < -0.3 is 29.4 Å². The minimum atomic E-state index is -1.32. The summed E-state index contributed by atoms with van der Waals surface area (Å²) in [6.07, 6.45) is 0.425. The Labute approximate surface area is 238 Å². The molecular weight excluding hydrogens is 535 g/mol. The van der Waals surface area contributed by atoms with E-state index in [9.17, 15) is 14.3 Å². The van der Waals surface area contributed by atoms with E-state index < -0.39 is 12.3 Å². The van der Waals surface area contributed by atoms with Crippen molar-refractivity contribution < 1.29 is 19.0 Å². The zero-order chi connectivity index (χ0) is 27.8. The maximum Gasteiger partial charge on any atom is 0.407 e. The van der Waals surface area contributed by atoms with E-state index in [4.69, 9.17) is 26.3 Å². The summed E-state index contributed by atoms with van der Waals surface area (Å²) in [6.45, 7) is 3.25. The third kappa shape index (κ3) is 5.34. The standard InChI is InChI=1S/C29H34ClFN6O3/c1-34-11-4-7-21(34)18-40-28-32-24-17-35(25-9-3-6-19-5-2-8-23(30)26(19)25)12-10-22(24)27(33-28)36-13-14-37(29(38)39)16-20(31)15-36/h2-3,5-6,8-9,20-21H,4,7,10-18H2,1H3,(H,38,39)/t20?,21-/m0/s1. The lowest BCUT2D eigenvalue weighted by Crippen LogP contribution is -2.37. The van der Waals surface area contributed by atoms with Gasteiger partial charge in [0.15, 0.2) is 0 Å². The van der Waals surface area contributed by atoms with E-state index >= 15 is 0 Å². The number of amides is 1. The summed E-state index contributed by atoms with van der Waals surface area (Å²) in [4.78, 5) is 28.8. The Hall–Kier alpha value is -3.37. The number of benzene rings is 2. The summed E-state index contributed by atoms with van der Waals surface area (Å²) in [5, 5.41) is 12.3. The molecule has 1 N–H and O–H groups in total. The lowest BCUT2D eigenvalue weighted by atomic mass is 10.0. The second kappa shape index (κ2) is 11.2. The average molecular weight is 569 g/mol. The summed E-state index contributed by atoms with van der Waals surface area (Å²) in [6, 6.07) is 12.7. The highest BCUT2D eigenvalue weighted by Crippen LogP contribution is 2.37. The van der Waals surface area contributed by atoms with Crippen LogP contribution in [0.4, 0.5) is 20.7 Å². The Morgan fingerprint density at radius 1 is 1.10 bits per heavy atom. The molecule has 3 aromatic rings. The van der Waals surface area contributed by atoms with E-state index in [0.717, 1.165) is 58.5 Å². The van der Waals surface area contributed by atoms with E-state index in [2.05, 4.69) is 35.0 Å². The first-order valence-electron chi connectivity index (χ1n) is 13.9. The first kappa shape index (κ1) is 26.8. The van der Waals surface area contributed by atoms with Crippen molar-refractivity contribution >= 4 is 40.0 Å².